The van der Waals surface area contributed by atoms with Gasteiger partial charge in [-0.05, 0) is 38.3 Å². The third-order valence-electron chi connectivity index (χ3n) is 3.56. The molecule has 19 heavy (non-hydrogen) atoms. The fourth-order valence-corrected chi connectivity index (χ4v) is 2.56. The van der Waals surface area contributed by atoms with Crippen molar-refractivity contribution in [2.75, 3.05) is 11.9 Å². The molecule has 0 aromatic heterocycles. The van der Waals surface area contributed by atoms with Gasteiger partial charge in [-0.1, -0.05) is 17.7 Å². The van der Waals surface area contributed by atoms with Crippen molar-refractivity contribution in [1.29, 1.82) is 0 Å². The number of aryl methyl sites for hydroxylation is 3. The monoisotopic (exact) mass is 260 g/mol. The average Bonchev–Trinajstić information content (AvgIpc) is 2.34. The summed E-state index contributed by atoms with van der Waals surface area (Å²) in [5.74, 6) is -0.0976. The molecule has 0 bridgehead atoms. The molecule has 1 aliphatic heterocycles. The molecule has 0 spiro atoms. The van der Waals surface area contributed by atoms with Gasteiger partial charge in [0, 0.05) is 18.7 Å². The van der Waals surface area contributed by atoms with E-state index in [4.69, 9.17) is 0 Å². The highest BCUT2D eigenvalue weighted by molar-refractivity contribution is 5.95. The molecule has 0 aliphatic carbocycles. The van der Waals surface area contributed by atoms with Crippen molar-refractivity contribution in [1.82, 2.24) is 5.32 Å². The van der Waals surface area contributed by atoms with Gasteiger partial charge >= 0.3 is 0 Å². The van der Waals surface area contributed by atoms with E-state index in [2.05, 4.69) is 22.8 Å². The molecule has 1 aliphatic rings. The number of nitrogens with one attached hydrogen (secondary N) is 2. The summed E-state index contributed by atoms with van der Waals surface area (Å²) < 4.78 is 0. The molecule has 1 aromatic carbocycles. The van der Waals surface area contributed by atoms with Crippen LogP contribution in [0.15, 0.2) is 12.1 Å². The topological polar surface area (TPSA) is 58.2 Å². The molecule has 4 heteroatoms. The maximum absolute atomic E-state index is 12.2. The molecule has 1 aromatic rings. The van der Waals surface area contributed by atoms with E-state index in [-0.39, 0.29) is 17.7 Å². The zero-order valence-electron chi connectivity index (χ0n) is 11.7. The highest BCUT2D eigenvalue weighted by Crippen LogP contribution is 2.23. The molecule has 102 valence electrons. The fraction of sp³-hybridized carbons (Fsp3) is 0.467. The van der Waals surface area contributed by atoms with Crippen LogP contribution in [0.2, 0.25) is 0 Å². The Hall–Kier alpha value is -1.84. The number of benzene rings is 1. The zero-order chi connectivity index (χ0) is 14.0. The van der Waals surface area contributed by atoms with Crippen LogP contribution < -0.4 is 10.6 Å². The van der Waals surface area contributed by atoms with E-state index in [9.17, 15) is 9.59 Å². The van der Waals surface area contributed by atoms with E-state index in [0.29, 0.717) is 19.4 Å². The van der Waals surface area contributed by atoms with Crippen molar-refractivity contribution >= 4 is 17.5 Å². The number of carbonyl (C=O) groups excluding carboxylic acids is 2. The number of anilines is 1. The number of carbonyl (C=O) groups is 2. The lowest BCUT2D eigenvalue weighted by molar-refractivity contribution is -0.126. The molecule has 1 saturated heterocycles. The Morgan fingerprint density at radius 2 is 1.89 bits per heavy atom. The van der Waals surface area contributed by atoms with Gasteiger partial charge in [0.1, 0.15) is 0 Å². The van der Waals surface area contributed by atoms with Crippen molar-refractivity contribution in [3.8, 4) is 0 Å². The lowest BCUT2D eigenvalue weighted by Gasteiger charge is -2.22. The number of amides is 2. The first-order valence-electron chi connectivity index (χ1n) is 6.63. The summed E-state index contributed by atoms with van der Waals surface area (Å²) in [4.78, 5) is 23.3. The van der Waals surface area contributed by atoms with Crippen LogP contribution in [-0.2, 0) is 9.59 Å². The minimum Gasteiger partial charge on any atom is -0.355 e. The first kappa shape index (κ1) is 13.6. The van der Waals surface area contributed by atoms with Gasteiger partial charge in [-0.3, -0.25) is 9.59 Å². The Morgan fingerprint density at radius 3 is 2.42 bits per heavy atom. The quantitative estimate of drug-likeness (QED) is 0.855. The minimum absolute atomic E-state index is 0.00458. The summed E-state index contributed by atoms with van der Waals surface area (Å²) in [7, 11) is 0. The Kier molecular flexibility index (Phi) is 3.88. The van der Waals surface area contributed by atoms with Gasteiger partial charge in [-0.25, -0.2) is 0 Å². The molecule has 1 heterocycles. The largest absolute Gasteiger partial charge is 0.355 e. The Labute approximate surface area is 113 Å². The normalized spacial score (nSPS) is 18.9. The Balaban J connectivity index is 2.09. The van der Waals surface area contributed by atoms with Gasteiger partial charge < -0.3 is 10.6 Å². The highest BCUT2D eigenvalue weighted by atomic mass is 16.2. The summed E-state index contributed by atoms with van der Waals surface area (Å²) in [5, 5.41) is 5.74. The zero-order valence-corrected chi connectivity index (χ0v) is 11.7. The van der Waals surface area contributed by atoms with Crippen molar-refractivity contribution in [3.05, 3.63) is 28.8 Å². The predicted octanol–water partition coefficient (Wildman–Crippen LogP) is 2.08. The molecular formula is C15H20N2O2. The van der Waals surface area contributed by atoms with Gasteiger partial charge in [0.2, 0.25) is 11.8 Å². The van der Waals surface area contributed by atoms with Crippen LogP contribution in [0.3, 0.4) is 0 Å². The lowest BCUT2D eigenvalue weighted by Crippen LogP contribution is -2.40. The van der Waals surface area contributed by atoms with Crippen molar-refractivity contribution in [3.63, 3.8) is 0 Å². The molecule has 2 N–H and O–H groups in total. The van der Waals surface area contributed by atoms with Crippen LogP contribution >= 0.6 is 0 Å². The maximum atomic E-state index is 12.2. The van der Waals surface area contributed by atoms with Crippen LogP contribution in [0, 0.1) is 26.7 Å². The molecule has 1 atom stereocenters. The second kappa shape index (κ2) is 5.43. The van der Waals surface area contributed by atoms with Crippen molar-refractivity contribution < 1.29 is 9.59 Å². The molecule has 1 fully saturated rings. The Morgan fingerprint density at radius 1 is 1.26 bits per heavy atom. The molecule has 1 unspecified atom stereocenters. The van der Waals surface area contributed by atoms with Crippen LogP contribution in [0.1, 0.15) is 29.5 Å². The van der Waals surface area contributed by atoms with Crippen LogP contribution in [0.5, 0.6) is 0 Å². The molecule has 0 radical (unpaired) electrons. The molecule has 2 rings (SSSR count). The van der Waals surface area contributed by atoms with Gasteiger partial charge in [-0.2, -0.15) is 0 Å². The first-order valence-corrected chi connectivity index (χ1v) is 6.63. The van der Waals surface area contributed by atoms with E-state index in [0.717, 1.165) is 16.8 Å². The molecule has 4 nitrogen and oxygen atoms in total. The second-order valence-corrected chi connectivity index (χ2v) is 5.30. The van der Waals surface area contributed by atoms with E-state index >= 15 is 0 Å². The van der Waals surface area contributed by atoms with E-state index in [1.165, 1.54) is 5.56 Å². The number of piperidine rings is 1. The van der Waals surface area contributed by atoms with Gasteiger partial charge in [-0.15, -0.1) is 0 Å². The third-order valence-corrected chi connectivity index (χ3v) is 3.56. The van der Waals surface area contributed by atoms with Crippen LogP contribution in [-0.4, -0.2) is 18.4 Å². The van der Waals surface area contributed by atoms with Gasteiger partial charge in [0.15, 0.2) is 0 Å². The van der Waals surface area contributed by atoms with Gasteiger partial charge in [0.25, 0.3) is 0 Å². The Bertz CT molecular complexity index is 490. The predicted molar refractivity (Wildman–Crippen MR) is 75.0 cm³/mol. The fourth-order valence-electron chi connectivity index (χ4n) is 2.56. The smallest absolute Gasteiger partial charge is 0.229 e. The summed E-state index contributed by atoms with van der Waals surface area (Å²) in [5.41, 5.74) is 4.24. The molecular weight excluding hydrogens is 240 g/mol. The number of hydrogen-bond acceptors (Lipinski definition) is 2. The van der Waals surface area contributed by atoms with Crippen LogP contribution in [0.4, 0.5) is 5.69 Å². The summed E-state index contributed by atoms with van der Waals surface area (Å²) in [6.45, 7) is 6.48. The number of rotatable bonds is 2. The van der Waals surface area contributed by atoms with E-state index in [1.807, 2.05) is 20.8 Å². The van der Waals surface area contributed by atoms with Crippen molar-refractivity contribution in [2.24, 2.45) is 5.92 Å². The van der Waals surface area contributed by atoms with Gasteiger partial charge in [0.05, 0.1) is 5.92 Å². The summed E-state index contributed by atoms with van der Waals surface area (Å²) in [6, 6.07) is 4.12. The SMILES string of the molecule is Cc1cc(C)c(NC(=O)C2CCC(=O)NC2)c(C)c1. The standard InChI is InChI=1S/C15H20N2O2/c1-9-6-10(2)14(11(3)7-9)17-15(19)12-4-5-13(18)16-8-12/h6-7,12H,4-5,8H2,1-3H3,(H,16,18)(H,17,19). The molecule has 2 amide bonds. The third kappa shape index (κ3) is 3.13. The molecule has 0 saturated carbocycles. The highest BCUT2D eigenvalue weighted by Gasteiger charge is 2.25. The first-order chi connectivity index (χ1) is 8.97. The number of hydrogen-bond donors (Lipinski definition) is 2. The minimum atomic E-state index is -0.127. The summed E-state index contributed by atoms with van der Waals surface area (Å²) >= 11 is 0. The van der Waals surface area contributed by atoms with E-state index in [1.54, 1.807) is 0 Å². The van der Waals surface area contributed by atoms with Crippen LogP contribution in [0.25, 0.3) is 0 Å². The average molecular weight is 260 g/mol. The maximum Gasteiger partial charge on any atom is 0.229 e. The lowest BCUT2D eigenvalue weighted by atomic mass is 9.97. The second-order valence-electron chi connectivity index (χ2n) is 5.30. The van der Waals surface area contributed by atoms with E-state index < -0.39 is 0 Å². The van der Waals surface area contributed by atoms with Crippen molar-refractivity contribution in [2.45, 2.75) is 33.6 Å². The summed E-state index contributed by atoms with van der Waals surface area (Å²) in [6.07, 6.45) is 1.06.